The van der Waals surface area contributed by atoms with Crippen molar-refractivity contribution in [3.05, 3.63) is 101 Å². The quantitative estimate of drug-likeness (QED) is 0.141. The third-order valence-corrected chi connectivity index (χ3v) is 11.3. The largest absolute Gasteiger partial charge is 0.497 e. The SMILES string of the molecule is COc1ccc(CN(c2ccncn2)S(=O)(=O)c2ccc(N3CCC[C@](CCc4ccc(Cl)c(C(F)(F)F)c4)(N(C)C)C3)cc2F)c(OC)c1. The number of hydrogen-bond acceptors (Lipinski definition) is 8. The predicted octanol–water partition coefficient (Wildman–Crippen LogP) is 7.23. The summed E-state index contributed by atoms with van der Waals surface area (Å²) in [5, 5.41) is -0.347. The van der Waals surface area contributed by atoms with Gasteiger partial charge in [-0.05, 0) is 87.8 Å². The van der Waals surface area contributed by atoms with E-state index in [1.54, 1.807) is 30.3 Å². The minimum absolute atomic E-state index is 0.0381. The van der Waals surface area contributed by atoms with Crippen molar-refractivity contribution in [2.75, 3.05) is 50.6 Å². The number of anilines is 2. The number of aryl methyl sites for hydroxylation is 1. The second kappa shape index (κ2) is 15.0. The van der Waals surface area contributed by atoms with Crippen LogP contribution in [0, 0.1) is 5.82 Å². The lowest BCUT2D eigenvalue weighted by molar-refractivity contribution is -0.137. The Kier molecular flexibility index (Phi) is 11.1. The van der Waals surface area contributed by atoms with Crippen LogP contribution in [0.1, 0.15) is 36.0 Å². The number of aromatic nitrogens is 2. The van der Waals surface area contributed by atoms with Crippen LogP contribution in [0.25, 0.3) is 0 Å². The Hall–Kier alpha value is -4.14. The first-order valence-corrected chi connectivity index (χ1v) is 17.6. The fourth-order valence-corrected chi connectivity index (χ4v) is 7.99. The van der Waals surface area contributed by atoms with Gasteiger partial charge in [0.15, 0.2) is 0 Å². The zero-order valence-corrected chi connectivity index (χ0v) is 29.6. The second-order valence-corrected chi connectivity index (χ2v) is 14.6. The standard InChI is InChI=1S/C35H38ClF4N5O4S/c1-43(2)34(15-12-24-6-10-29(36)28(18-24)35(38,39)40)14-5-17-44(22-34)26-8-11-32(30(37)19-26)50(46,47)45(33-13-16-41-23-42-33)21-25-7-9-27(48-3)20-31(25)49-4/h6-11,13,16,18-20,23H,5,12,14-15,17,21-22H2,1-4H3/t34-/m1/s1. The summed E-state index contributed by atoms with van der Waals surface area (Å²) in [5.41, 5.74) is 0.185. The van der Waals surface area contributed by atoms with E-state index < -0.39 is 38.0 Å². The van der Waals surface area contributed by atoms with Crippen LogP contribution >= 0.6 is 11.6 Å². The van der Waals surface area contributed by atoms with Crippen LogP contribution < -0.4 is 18.7 Å². The molecule has 1 atom stereocenters. The number of hydrogen-bond donors (Lipinski definition) is 0. The number of sulfonamides is 1. The third kappa shape index (κ3) is 7.92. The number of ether oxygens (including phenoxy) is 2. The number of halogens is 5. The lowest BCUT2D eigenvalue weighted by atomic mass is 9.82. The highest BCUT2D eigenvalue weighted by Crippen LogP contribution is 2.38. The summed E-state index contributed by atoms with van der Waals surface area (Å²) in [6, 6.07) is 14.4. The van der Waals surface area contributed by atoms with Crippen LogP contribution in [-0.4, -0.2) is 70.2 Å². The number of alkyl halides is 3. The lowest BCUT2D eigenvalue weighted by Crippen LogP contribution is -2.56. The average molecular weight is 736 g/mol. The van der Waals surface area contributed by atoms with Crippen molar-refractivity contribution in [3.63, 3.8) is 0 Å². The van der Waals surface area contributed by atoms with Gasteiger partial charge >= 0.3 is 6.18 Å². The molecule has 0 N–H and O–H groups in total. The predicted molar refractivity (Wildman–Crippen MR) is 184 cm³/mol. The Balaban J connectivity index is 1.41. The average Bonchev–Trinajstić information content (AvgIpc) is 3.09. The van der Waals surface area contributed by atoms with Gasteiger partial charge < -0.3 is 19.3 Å². The Morgan fingerprint density at radius 1 is 1.02 bits per heavy atom. The Bertz CT molecular complexity index is 1920. The molecule has 1 saturated heterocycles. The Labute approximate surface area is 294 Å². The number of nitrogens with zero attached hydrogens (tertiary/aromatic N) is 5. The molecule has 0 amide bonds. The molecule has 3 aromatic carbocycles. The second-order valence-electron chi connectivity index (χ2n) is 12.3. The summed E-state index contributed by atoms with van der Waals surface area (Å²) in [6.45, 7) is 0.823. The van der Waals surface area contributed by atoms with E-state index in [0.29, 0.717) is 54.2 Å². The highest BCUT2D eigenvalue weighted by molar-refractivity contribution is 7.92. The van der Waals surface area contributed by atoms with Crippen molar-refractivity contribution in [3.8, 4) is 11.5 Å². The molecule has 4 aromatic rings. The van der Waals surface area contributed by atoms with Crippen LogP contribution in [0.15, 0.2) is 78.1 Å². The summed E-state index contributed by atoms with van der Waals surface area (Å²) in [5.74, 6) is -0.0117. The first-order valence-electron chi connectivity index (χ1n) is 15.8. The van der Waals surface area contributed by atoms with E-state index in [4.69, 9.17) is 21.1 Å². The molecular formula is C35H38ClF4N5O4S. The summed E-state index contributed by atoms with van der Waals surface area (Å²) >= 11 is 5.83. The maximum absolute atomic E-state index is 16.0. The maximum atomic E-state index is 16.0. The fraction of sp³-hybridized carbons (Fsp3) is 0.371. The number of methoxy groups -OCH3 is 2. The van der Waals surface area contributed by atoms with Gasteiger partial charge in [-0.1, -0.05) is 17.7 Å². The maximum Gasteiger partial charge on any atom is 0.417 e. The Morgan fingerprint density at radius 3 is 2.44 bits per heavy atom. The molecule has 15 heteroatoms. The summed E-state index contributed by atoms with van der Waals surface area (Å²) in [6.07, 6.45) is 0.450. The van der Waals surface area contributed by atoms with Crippen LogP contribution in [-0.2, 0) is 29.2 Å². The first-order chi connectivity index (χ1) is 23.7. The van der Waals surface area contributed by atoms with Gasteiger partial charge in [-0.25, -0.2) is 27.1 Å². The summed E-state index contributed by atoms with van der Waals surface area (Å²) in [4.78, 5) is 11.5. The summed E-state index contributed by atoms with van der Waals surface area (Å²) < 4.78 is 96.6. The van der Waals surface area contributed by atoms with Gasteiger partial charge in [0.25, 0.3) is 10.0 Å². The minimum atomic E-state index is -4.56. The van der Waals surface area contributed by atoms with E-state index in [2.05, 4.69) is 14.9 Å². The number of rotatable bonds is 12. The third-order valence-electron chi connectivity index (χ3n) is 9.20. The molecule has 1 aliphatic rings. The van der Waals surface area contributed by atoms with Crippen molar-refractivity contribution < 1.29 is 35.5 Å². The smallest absolute Gasteiger partial charge is 0.417 e. The van der Waals surface area contributed by atoms with Crippen molar-refractivity contribution >= 4 is 33.1 Å². The van der Waals surface area contributed by atoms with Crippen LogP contribution in [0.2, 0.25) is 5.02 Å². The van der Waals surface area contributed by atoms with Gasteiger partial charge in [0.2, 0.25) is 0 Å². The van der Waals surface area contributed by atoms with Gasteiger partial charge in [0.1, 0.15) is 34.4 Å². The zero-order chi connectivity index (χ0) is 36.3. The number of piperidine rings is 1. The zero-order valence-electron chi connectivity index (χ0n) is 28.0. The highest BCUT2D eigenvalue weighted by Gasteiger charge is 2.39. The molecule has 5 rings (SSSR count). The van der Waals surface area contributed by atoms with Crippen LogP contribution in [0.4, 0.5) is 29.1 Å². The van der Waals surface area contributed by atoms with Gasteiger partial charge in [-0.2, -0.15) is 13.2 Å². The fourth-order valence-electron chi connectivity index (χ4n) is 6.32. The van der Waals surface area contributed by atoms with Gasteiger partial charge in [0, 0.05) is 48.2 Å². The van der Waals surface area contributed by atoms with E-state index >= 15 is 4.39 Å². The van der Waals surface area contributed by atoms with Crippen molar-refractivity contribution in [2.45, 2.75) is 48.8 Å². The van der Waals surface area contributed by atoms with Crippen molar-refractivity contribution in [2.24, 2.45) is 0 Å². The molecule has 2 heterocycles. The lowest BCUT2D eigenvalue weighted by Gasteiger charge is -2.48. The molecule has 0 spiro atoms. The van der Waals surface area contributed by atoms with Crippen LogP contribution in [0.3, 0.4) is 0 Å². The molecule has 1 aliphatic heterocycles. The van der Waals surface area contributed by atoms with E-state index in [1.165, 1.54) is 51.0 Å². The molecule has 0 unspecified atom stereocenters. The number of benzene rings is 3. The molecular weight excluding hydrogens is 698 g/mol. The number of likely N-dealkylation sites (N-methyl/N-ethyl adjacent to an activating group) is 1. The van der Waals surface area contributed by atoms with Crippen molar-refractivity contribution in [1.82, 2.24) is 14.9 Å². The molecule has 0 saturated carbocycles. The molecule has 0 bridgehead atoms. The molecule has 268 valence electrons. The molecule has 9 nitrogen and oxygen atoms in total. The summed E-state index contributed by atoms with van der Waals surface area (Å²) in [7, 11) is 2.29. The highest BCUT2D eigenvalue weighted by atomic mass is 35.5. The van der Waals surface area contributed by atoms with E-state index in [9.17, 15) is 21.6 Å². The van der Waals surface area contributed by atoms with E-state index in [0.717, 1.165) is 23.2 Å². The van der Waals surface area contributed by atoms with Gasteiger partial charge in [-0.15, -0.1) is 0 Å². The van der Waals surface area contributed by atoms with Crippen LogP contribution in [0.5, 0.6) is 11.5 Å². The van der Waals surface area contributed by atoms with Crippen molar-refractivity contribution in [1.29, 1.82) is 0 Å². The van der Waals surface area contributed by atoms with E-state index in [-0.39, 0.29) is 17.4 Å². The topological polar surface area (TPSA) is 88.1 Å². The molecule has 0 radical (unpaired) electrons. The minimum Gasteiger partial charge on any atom is -0.497 e. The monoisotopic (exact) mass is 735 g/mol. The van der Waals surface area contributed by atoms with E-state index in [1.807, 2.05) is 19.0 Å². The molecule has 1 fully saturated rings. The molecule has 50 heavy (non-hydrogen) atoms. The molecule has 1 aromatic heterocycles. The Morgan fingerprint density at radius 2 is 1.80 bits per heavy atom. The molecule has 0 aliphatic carbocycles. The van der Waals surface area contributed by atoms with Gasteiger partial charge in [-0.3, -0.25) is 0 Å². The van der Waals surface area contributed by atoms with Gasteiger partial charge in [0.05, 0.1) is 31.4 Å². The first kappa shape index (κ1) is 37.1. The normalized spacial score (nSPS) is 16.8.